The topological polar surface area (TPSA) is 119 Å². The molecule has 1 aliphatic rings. The summed E-state index contributed by atoms with van der Waals surface area (Å²) < 4.78 is 4.63. The first-order valence-corrected chi connectivity index (χ1v) is 3.61. The van der Waals surface area contributed by atoms with Crippen molar-refractivity contribution in [2.45, 2.75) is 24.2 Å². The van der Waals surface area contributed by atoms with E-state index < -0.39 is 30.8 Å². The maximum atomic E-state index is 10.1. The number of hydrogen-bond donors (Lipinski definition) is 5. The summed E-state index contributed by atoms with van der Waals surface area (Å²) >= 11 is 0. The Bertz CT molecular complexity index is 200. The Morgan fingerprint density at radius 2 is 2.08 bits per heavy atom. The third kappa shape index (κ3) is 1.52. The molecule has 1 aliphatic heterocycles. The first-order chi connectivity index (χ1) is 6.07. The molecule has 0 radical (unpaired) electrons. The molecule has 5 N–H and O–H groups in total. The molecule has 7 heteroatoms. The van der Waals surface area contributed by atoms with Crippen molar-refractivity contribution in [1.82, 2.24) is 5.32 Å². The predicted molar refractivity (Wildman–Crippen MR) is 38.1 cm³/mol. The van der Waals surface area contributed by atoms with Crippen LogP contribution in [0.2, 0.25) is 0 Å². The van der Waals surface area contributed by atoms with Crippen molar-refractivity contribution in [3.63, 3.8) is 0 Å². The third-order valence-electron chi connectivity index (χ3n) is 1.96. The molecule has 4 atom stereocenters. The molecule has 1 saturated heterocycles. The van der Waals surface area contributed by atoms with Crippen LogP contribution in [0.4, 0.5) is 0 Å². The molecule has 1 unspecified atom stereocenters. The first-order valence-electron chi connectivity index (χ1n) is 3.61. The van der Waals surface area contributed by atoms with Gasteiger partial charge < -0.3 is 30.5 Å². The highest BCUT2D eigenvalue weighted by Gasteiger charge is 2.53. The van der Waals surface area contributed by atoms with Gasteiger partial charge in [0.2, 0.25) is 6.41 Å². The Morgan fingerprint density at radius 1 is 1.46 bits per heavy atom. The second-order valence-corrected chi connectivity index (χ2v) is 2.75. The second kappa shape index (κ2) is 3.56. The molecule has 0 aromatic heterocycles. The minimum absolute atomic E-state index is 0.199. The summed E-state index contributed by atoms with van der Waals surface area (Å²) in [7, 11) is 0. The van der Waals surface area contributed by atoms with Gasteiger partial charge >= 0.3 is 0 Å². The van der Waals surface area contributed by atoms with Gasteiger partial charge in [-0.1, -0.05) is 0 Å². The van der Waals surface area contributed by atoms with E-state index in [9.17, 15) is 9.90 Å². The summed E-state index contributed by atoms with van der Waals surface area (Å²) in [6.07, 6.45) is -4.56. The van der Waals surface area contributed by atoms with Crippen LogP contribution in [0.5, 0.6) is 0 Å². The monoisotopic (exact) mass is 193 g/mol. The number of nitrogens with one attached hydrogen (secondary N) is 1. The molecule has 0 saturated carbocycles. The molecule has 13 heavy (non-hydrogen) atoms. The summed E-state index contributed by atoms with van der Waals surface area (Å²) in [6, 6.07) is 0. The summed E-state index contributed by atoms with van der Waals surface area (Å²) in [6.45, 7) is -0.749. The molecule has 7 nitrogen and oxygen atoms in total. The van der Waals surface area contributed by atoms with Crippen molar-refractivity contribution < 1.29 is 30.0 Å². The zero-order valence-electron chi connectivity index (χ0n) is 6.62. The SMILES string of the molecule is O=CN[C@]1(CO)OC(O)[C@H](O)[C@@H]1O. The van der Waals surface area contributed by atoms with Crippen LogP contribution >= 0.6 is 0 Å². The molecule has 1 amide bonds. The quantitative estimate of drug-likeness (QED) is 0.296. The number of aliphatic hydroxyl groups excluding tert-OH is 4. The van der Waals surface area contributed by atoms with Gasteiger partial charge in [-0.05, 0) is 0 Å². The molecular formula is C6H11NO6. The number of hydrogen-bond acceptors (Lipinski definition) is 6. The van der Waals surface area contributed by atoms with Crippen molar-refractivity contribution in [1.29, 1.82) is 0 Å². The van der Waals surface area contributed by atoms with Crippen LogP contribution in [0.15, 0.2) is 0 Å². The van der Waals surface area contributed by atoms with Crippen LogP contribution in [0, 0.1) is 0 Å². The Balaban J connectivity index is 2.82. The molecule has 1 heterocycles. The van der Waals surface area contributed by atoms with Crippen LogP contribution in [-0.2, 0) is 9.53 Å². The number of amides is 1. The highest BCUT2D eigenvalue weighted by molar-refractivity contribution is 5.48. The minimum Gasteiger partial charge on any atom is -0.391 e. The van der Waals surface area contributed by atoms with E-state index in [1.54, 1.807) is 0 Å². The average Bonchev–Trinajstić information content (AvgIpc) is 2.32. The summed E-state index contributed by atoms with van der Waals surface area (Å²) in [5.74, 6) is 0. The molecule has 0 bridgehead atoms. The van der Waals surface area contributed by atoms with Crippen molar-refractivity contribution in [3.8, 4) is 0 Å². The van der Waals surface area contributed by atoms with E-state index in [-0.39, 0.29) is 6.41 Å². The molecule has 0 aromatic rings. The Labute approximate surface area is 73.6 Å². The van der Waals surface area contributed by atoms with E-state index in [4.69, 9.17) is 15.3 Å². The predicted octanol–water partition coefficient (Wildman–Crippen LogP) is -3.51. The fourth-order valence-corrected chi connectivity index (χ4v) is 1.18. The normalized spacial score (nSPS) is 44.8. The van der Waals surface area contributed by atoms with Gasteiger partial charge in [0.1, 0.15) is 12.2 Å². The third-order valence-corrected chi connectivity index (χ3v) is 1.96. The van der Waals surface area contributed by atoms with Gasteiger partial charge in [0, 0.05) is 0 Å². The van der Waals surface area contributed by atoms with E-state index in [2.05, 4.69) is 4.74 Å². The van der Waals surface area contributed by atoms with Crippen LogP contribution in [0.1, 0.15) is 0 Å². The van der Waals surface area contributed by atoms with E-state index in [0.717, 1.165) is 0 Å². The molecule has 1 rings (SSSR count). The summed E-state index contributed by atoms with van der Waals surface area (Å²) in [5.41, 5.74) is -1.82. The van der Waals surface area contributed by atoms with Crippen molar-refractivity contribution in [2.24, 2.45) is 0 Å². The van der Waals surface area contributed by atoms with E-state index in [0.29, 0.717) is 0 Å². The highest BCUT2D eigenvalue weighted by atomic mass is 16.7. The van der Waals surface area contributed by atoms with Gasteiger partial charge in [0.05, 0.1) is 6.61 Å². The van der Waals surface area contributed by atoms with Crippen LogP contribution < -0.4 is 5.32 Å². The van der Waals surface area contributed by atoms with Crippen LogP contribution in [-0.4, -0.2) is 57.7 Å². The molecule has 0 aliphatic carbocycles. The maximum absolute atomic E-state index is 10.1. The molecule has 1 fully saturated rings. The standard InChI is InChI=1S/C6H11NO6/c8-1-6(7-2-9)4(11)3(10)5(12)13-6/h2-5,8,10-12H,1H2,(H,7,9)/t3-,4+,5?,6-/m1/s1. The van der Waals surface area contributed by atoms with Crippen molar-refractivity contribution in [3.05, 3.63) is 0 Å². The smallest absolute Gasteiger partial charge is 0.209 e. The zero-order chi connectivity index (χ0) is 10.1. The van der Waals surface area contributed by atoms with Crippen molar-refractivity contribution >= 4 is 6.41 Å². The summed E-state index contributed by atoms with van der Waals surface area (Å²) in [4.78, 5) is 10.1. The molecule has 0 spiro atoms. The zero-order valence-corrected chi connectivity index (χ0v) is 6.62. The lowest BCUT2D eigenvalue weighted by Crippen LogP contribution is -2.57. The maximum Gasteiger partial charge on any atom is 0.209 e. The van der Waals surface area contributed by atoms with E-state index in [1.807, 2.05) is 5.32 Å². The molecule has 76 valence electrons. The Morgan fingerprint density at radius 3 is 2.38 bits per heavy atom. The first kappa shape index (κ1) is 10.4. The van der Waals surface area contributed by atoms with E-state index in [1.165, 1.54) is 0 Å². The van der Waals surface area contributed by atoms with Crippen molar-refractivity contribution in [2.75, 3.05) is 6.61 Å². The number of ether oxygens (including phenoxy) is 1. The van der Waals surface area contributed by atoms with E-state index >= 15 is 0 Å². The summed E-state index contributed by atoms with van der Waals surface area (Å²) in [5, 5.41) is 38.1. The van der Waals surface area contributed by atoms with Crippen LogP contribution in [0.3, 0.4) is 0 Å². The number of rotatable bonds is 3. The van der Waals surface area contributed by atoms with Gasteiger partial charge in [-0.2, -0.15) is 0 Å². The highest BCUT2D eigenvalue weighted by Crippen LogP contribution is 2.27. The Hall–Kier alpha value is -0.730. The van der Waals surface area contributed by atoms with Gasteiger partial charge in [-0.25, -0.2) is 0 Å². The minimum atomic E-state index is -1.82. The van der Waals surface area contributed by atoms with Gasteiger partial charge in [-0.3, -0.25) is 4.79 Å². The fraction of sp³-hybridized carbons (Fsp3) is 0.833. The average molecular weight is 193 g/mol. The number of carbonyl (C=O) groups is 1. The lowest BCUT2D eigenvalue weighted by molar-refractivity contribution is -0.186. The van der Waals surface area contributed by atoms with Gasteiger partial charge in [-0.15, -0.1) is 0 Å². The van der Waals surface area contributed by atoms with Gasteiger partial charge in [0.25, 0.3) is 0 Å². The number of carbonyl (C=O) groups excluding carboxylic acids is 1. The largest absolute Gasteiger partial charge is 0.391 e. The molecule has 0 aromatic carbocycles. The number of aliphatic hydroxyl groups is 4. The molecular weight excluding hydrogens is 182 g/mol. The Kier molecular flexibility index (Phi) is 2.84. The lowest BCUT2D eigenvalue weighted by Gasteiger charge is -2.28. The second-order valence-electron chi connectivity index (χ2n) is 2.75. The van der Waals surface area contributed by atoms with Gasteiger partial charge in [0.15, 0.2) is 12.0 Å². The lowest BCUT2D eigenvalue weighted by atomic mass is 10.1. The fourth-order valence-electron chi connectivity index (χ4n) is 1.18. The van der Waals surface area contributed by atoms with Crippen LogP contribution in [0.25, 0.3) is 0 Å².